The topological polar surface area (TPSA) is 125 Å². The molecule has 4 unspecified atom stereocenters. The molecule has 3 aliphatic carbocycles. The second kappa shape index (κ2) is 10.4. The van der Waals surface area contributed by atoms with Crippen LogP contribution in [0.1, 0.15) is 36.1 Å². The molecule has 0 spiro atoms. The number of carboxylic acid groups (broad SMARTS) is 1. The molecule has 0 fully saturated rings. The van der Waals surface area contributed by atoms with Gasteiger partial charge in [0.2, 0.25) is 5.91 Å². The van der Waals surface area contributed by atoms with Crippen LogP contribution in [-0.2, 0) is 30.3 Å². The molecule has 1 amide bonds. The predicted molar refractivity (Wildman–Crippen MR) is 144 cm³/mol. The molecule has 8 nitrogen and oxygen atoms in total. The SMILES string of the molecule is CC(O)COC12c3ccccc3C(OCC(C)O)(c3ccccc31)C(C(=O)Nc1ccc(Cl)cc1)C2C(=O)O. The van der Waals surface area contributed by atoms with Crippen molar-refractivity contribution < 1.29 is 34.4 Å². The molecule has 3 aromatic carbocycles. The summed E-state index contributed by atoms with van der Waals surface area (Å²) in [5.74, 6) is -4.61. The standard InChI is InChI=1S/C30H30ClNO7/c1-17(33)15-38-29-21-7-3-5-9-23(21)30(39-16-18(2)34,24-10-6-4-8-22(24)29)26(28(36)37)25(29)27(35)32-20-13-11-19(31)12-14-20/h3-14,17-18,25-26,33-34H,15-16H2,1-2H3,(H,32,35)(H,36,37). The molecule has 0 saturated carbocycles. The van der Waals surface area contributed by atoms with Gasteiger partial charge in [-0.1, -0.05) is 60.1 Å². The van der Waals surface area contributed by atoms with Gasteiger partial charge in [-0.15, -0.1) is 0 Å². The van der Waals surface area contributed by atoms with Crippen LogP contribution in [0.3, 0.4) is 0 Å². The van der Waals surface area contributed by atoms with Crippen molar-refractivity contribution in [2.75, 3.05) is 18.5 Å². The van der Waals surface area contributed by atoms with Crippen LogP contribution < -0.4 is 5.32 Å². The van der Waals surface area contributed by atoms with Crippen molar-refractivity contribution >= 4 is 29.2 Å². The Labute approximate surface area is 231 Å². The van der Waals surface area contributed by atoms with E-state index in [4.69, 9.17) is 21.1 Å². The smallest absolute Gasteiger partial charge is 0.311 e. The zero-order valence-corrected chi connectivity index (χ0v) is 22.3. The van der Waals surface area contributed by atoms with Gasteiger partial charge < -0.3 is 30.1 Å². The van der Waals surface area contributed by atoms with Crippen LogP contribution in [0, 0.1) is 11.8 Å². The van der Waals surface area contributed by atoms with Crippen molar-refractivity contribution in [3.63, 3.8) is 0 Å². The number of hydrogen-bond donors (Lipinski definition) is 4. The van der Waals surface area contributed by atoms with Gasteiger partial charge in [-0.25, -0.2) is 0 Å². The summed E-state index contributed by atoms with van der Waals surface area (Å²) in [5, 5.41) is 34.6. The minimum atomic E-state index is -1.60. The molecule has 0 aromatic heterocycles. The number of nitrogens with one attached hydrogen (secondary N) is 1. The lowest BCUT2D eigenvalue weighted by molar-refractivity contribution is -0.203. The fraction of sp³-hybridized carbons (Fsp3) is 0.333. The number of aliphatic hydroxyl groups is 2. The third kappa shape index (κ3) is 4.33. The molecular formula is C30H30ClNO7. The van der Waals surface area contributed by atoms with Gasteiger partial charge >= 0.3 is 5.97 Å². The van der Waals surface area contributed by atoms with Crippen molar-refractivity contribution in [2.24, 2.45) is 11.8 Å². The number of rotatable bonds is 9. The first-order valence-electron chi connectivity index (χ1n) is 12.8. The predicted octanol–water partition coefficient (Wildman–Crippen LogP) is 3.90. The van der Waals surface area contributed by atoms with Crippen LogP contribution in [0.15, 0.2) is 72.8 Å². The summed E-state index contributed by atoms with van der Waals surface area (Å²) in [7, 11) is 0. The fourth-order valence-electron chi connectivity index (χ4n) is 6.09. The van der Waals surface area contributed by atoms with E-state index >= 15 is 0 Å². The zero-order valence-electron chi connectivity index (χ0n) is 21.5. The molecule has 0 heterocycles. The summed E-state index contributed by atoms with van der Waals surface area (Å²) >= 11 is 6.03. The van der Waals surface area contributed by atoms with Gasteiger partial charge in [0.1, 0.15) is 17.1 Å². The highest BCUT2D eigenvalue weighted by atomic mass is 35.5. The van der Waals surface area contributed by atoms with Crippen molar-refractivity contribution in [3.8, 4) is 0 Å². The lowest BCUT2D eigenvalue weighted by Gasteiger charge is -2.60. The number of aliphatic carboxylic acids is 1. The Morgan fingerprint density at radius 2 is 1.21 bits per heavy atom. The van der Waals surface area contributed by atoms with E-state index < -0.39 is 47.1 Å². The molecular weight excluding hydrogens is 522 g/mol. The summed E-state index contributed by atoms with van der Waals surface area (Å²) < 4.78 is 12.9. The number of amides is 1. The van der Waals surface area contributed by atoms with Gasteiger partial charge in [0.15, 0.2) is 0 Å². The molecule has 3 aromatic rings. The Balaban J connectivity index is 1.82. The van der Waals surface area contributed by atoms with Crippen LogP contribution in [-0.4, -0.2) is 52.6 Å². The minimum Gasteiger partial charge on any atom is -0.481 e. The maximum Gasteiger partial charge on any atom is 0.311 e. The van der Waals surface area contributed by atoms with Crippen LogP contribution in [0.2, 0.25) is 5.02 Å². The first-order valence-corrected chi connectivity index (χ1v) is 13.1. The highest BCUT2D eigenvalue weighted by Crippen LogP contribution is 2.65. The van der Waals surface area contributed by atoms with E-state index in [1.807, 2.05) is 0 Å². The quantitative estimate of drug-likeness (QED) is 0.318. The molecule has 39 heavy (non-hydrogen) atoms. The van der Waals surface area contributed by atoms with Crippen molar-refractivity contribution in [2.45, 2.75) is 37.3 Å². The van der Waals surface area contributed by atoms with Gasteiger partial charge in [-0.2, -0.15) is 0 Å². The summed E-state index contributed by atoms with van der Waals surface area (Å²) in [4.78, 5) is 27.5. The van der Waals surface area contributed by atoms with Gasteiger partial charge in [-0.05, 0) is 60.4 Å². The van der Waals surface area contributed by atoms with Crippen LogP contribution in [0.5, 0.6) is 0 Å². The number of ether oxygens (including phenoxy) is 2. The molecule has 3 aliphatic rings. The van der Waals surface area contributed by atoms with Crippen LogP contribution >= 0.6 is 11.6 Å². The number of benzene rings is 3. The number of carbonyl (C=O) groups excluding carboxylic acids is 1. The third-order valence-corrected chi connectivity index (χ3v) is 7.68. The van der Waals surface area contributed by atoms with E-state index in [1.165, 1.54) is 0 Å². The third-order valence-electron chi connectivity index (χ3n) is 7.43. The Morgan fingerprint density at radius 3 is 1.59 bits per heavy atom. The zero-order chi connectivity index (χ0) is 27.9. The van der Waals surface area contributed by atoms with Crippen molar-refractivity contribution in [3.05, 3.63) is 100 Å². The van der Waals surface area contributed by atoms with Gasteiger partial charge in [-0.3, -0.25) is 9.59 Å². The monoisotopic (exact) mass is 551 g/mol. The maximum atomic E-state index is 14.3. The van der Waals surface area contributed by atoms with E-state index in [0.29, 0.717) is 33.0 Å². The average molecular weight is 552 g/mol. The first kappa shape index (κ1) is 27.3. The molecule has 6 rings (SSSR count). The number of carboxylic acids is 1. The van der Waals surface area contributed by atoms with Gasteiger partial charge in [0, 0.05) is 10.7 Å². The average Bonchev–Trinajstić information content (AvgIpc) is 2.91. The van der Waals surface area contributed by atoms with Crippen molar-refractivity contribution in [1.29, 1.82) is 0 Å². The number of anilines is 1. The summed E-state index contributed by atoms with van der Waals surface area (Å²) in [6, 6.07) is 20.8. The Bertz CT molecular complexity index is 1340. The number of carbonyl (C=O) groups is 2. The molecule has 4 atom stereocenters. The number of aliphatic hydroxyl groups excluding tert-OH is 2. The van der Waals surface area contributed by atoms with Crippen LogP contribution in [0.25, 0.3) is 0 Å². The van der Waals surface area contributed by atoms with Gasteiger partial charge in [0.05, 0.1) is 31.3 Å². The second-order valence-corrected chi connectivity index (χ2v) is 10.6. The fourth-order valence-corrected chi connectivity index (χ4v) is 6.22. The highest BCUT2D eigenvalue weighted by Gasteiger charge is 2.71. The Morgan fingerprint density at radius 1 is 0.795 bits per heavy atom. The lowest BCUT2D eigenvalue weighted by atomic mass is 9.49. The number of fused-ring (bicyclic) bond motifs is 1. The largest absolute Gasteiger partial charge is 0.481 e. The molecule has 2 bridgehead atoms. The number of halogens is 1. The summed E-state index contributed by atoms with van der Waals surface area (Å²) in [6.07, 6.45) is -1.78. The lowest BCUT2D eigenvalue weighted by Crippen LogP contribution is -2.67. The maximum absolute atomic E-state index is 14.3. The molecule has 0 saturated heterocycles. The molecule has 204 valence electrons. The molecule has 9 heteroatoms. The molecule has 0 aliphatic heterocycles. The van der Waals surface area contributed by atoms with E-state index in [-0.39, 0.29) is 13.2 Å². The van der Waals surface area contributed by atoms with E-state index in [1.54, 1.807) is 86.6 Å². The van der Waals surface area contributed by atoms with Gasteiger partial charge in [0.25, 0.3) is 0 Å². The Kier molecular flexibility index (Phi) is 7.26. The van der Waals surface area contributed by atoms with Crippen molar-refractivity contribution in [1.82, 2.24) is 0 Å². The van der Waals surface area contributed by atoms with Crippen LogP contribution in [0.4, 0.5) is 5.69 Å². The van der Waals surface area contributed by atoms with E-state index in [2.05, 4.69) is 5.32 Å². The molecule has 0 radical (unpaired) electrons. The second-order valence-electron chi connectivity index (χ2n) is 10.2. The first-order chi connectivity index (χ1) is 18.6. The Hall–Kier alpha value is -3.27. The molecule has 4 N–H and O–H groups in total. The summed E-state index contributed by atoms with van der Waals surface area (Å²) in [6.45, 7) is 2.80. The van der Waals surface area contributed by atoms with E-state index in [9.17, 15) is 24.9 Å². The number of hydrogen-bond acceptors (Lipinski definition) is 6. The highest BCUT2D eigenvalue weighted by molar-refractivity contribution is 6.30. The normalized spacial score (nSPS) is 26.3. The summed E-state index contributed by atoms with van der Waals surface area (Å²) in [5.41, 5.74) is -0.502. The minimum absolute atomic E-state index is 0.152. The van der Waals surface area contributed by atoms with E-state index in [0.717, 1.165) is 0 Å².